The molecule has 0 aliphatic carbocycles. The van der Waals surface area contributed by atoms with Gasteiger partial charge in [-0.3, -0.25) is 9.59 Å². The molecule has 0 radical (unpaired) electrons. The van der Waals surface area contributed by atoms with Gasteiger partial charge in [0.1, 0.15) is 5.82 Å². The second-order valence-electron chi connectivity index (χ2n) is 8.46. The third kappa shape index (κ3) is 4.70. The number of hydrogen-bond donors (Lipinski definition) is 1. The van der Waals surface area contributed by atoms with E-state index in [4.69, 9.17) is 11.6 Å². The molecule has 1 aromatic heterocycles. The molecule has 10 heteroatoms. The van der Waals surface area contributed by atoms with Crippen LogP contribution >= 0.6 is 11.6 Å². The normalized spacial score (nSPS) is 12.9. The van der Waals surface area contributed by atoms with Crippen LogP contribution in [-0.2, 0) is 19.3 Å². The van der Waals surface area contributed by atoms with Crippen LogP contribution in [0.3, 0.4) is 0 Å². The van der Waals surface area contributed by atoms with Crippen LogP contribution in [-0.4, -0.2) is 16.4 Å². The fraction of sp³-hybridized carbons (Fsp3) is 0.111. The zero-order valence-electron chi connectivity index (χ0n) is 19.0. The second kappa shape index (κ2) is 9.40. The molecule has 188 valence electrons. The first-order valence-electron chi connectivity index (χ1n) is 11.1. The summed E-state index contributed by atoms with van der Waals surface area (Å²) in [6.07, 6.45) is -3.00. The number of aromatic nitrogens is 1. The van der Waals surface area contributed by atoms with Crippen LogP contribution in [0.15, 0.2) is 79.0 Å². The standard InChI is InChI=1S/C27H18ClF4N3O2/c28-22-13-17(33-25(36)20-7-3-8-21(24(20)29)27(30,31)32)10-11-19(22)26(37)35-15-18-6-4-12-34(18)14-16-5-1-2-9-23(16)35/h1-13H,14-15H2,(H,33,36). The number of amides is 2. The van der Waals surface area contributed by atoms with Gasteiger partial charge in [-0.1, -0.05) is 35.9 Å². The van der Waals surface area contributed by atoms with Gasteiger partial charge in [0.05, 0.1) is 28.3 Å². The van der Waals surface area contributed by atoms with E-state index in [2.05, 4.69) is 9.88 Å². The van der Waals surface area contributed by atoms with Crippen LogP contribution in [0.2, 0.25) is 5.02 Å². The lowest BCUT2D eigenvalue weighted by atomic mass is 10.1. The number of rotatable bonds is 3. The fourth-order valence-corrected chi connectivity index (χ4v) is 4.56. The molecule has 1 aliphatic heterocycles. The molecule has 3 aromatic carbocycles. The van der Waals surface area contributed by atoms with Crippen molar-refractivity contribution in [2.24, 2.45) is 0 Å². The Morgan fingerprint density at radius 1 is 0.892 bits per heavy atom. The van der Waals surface area contributed by atoms with Crippen molar-refractivity contribution in [3.8, 4) is 0 Å². The highest BCUT2D eigenvalue weighted by Gasteiger charge is 2.35. The number of alkyl halides is 3. The number of nitrogens with one attached hydrogen (secondary N) is 1. The molecule has 37 heavy (non-hydrogen) atoms. The van der Waals surface area contributed by atoms with E-state index in [0.717, 1.165) is 29.1 Å². The smallest absolute Gasteiger partial charge is 0.345 e. The first kappa shape index (κ1) is 24.6. The number of carbonyl (C=O) groups is 2. The van der Waals surface area contributed by atoms with Crippen molar-refractivity contribution in [1.29, 1.82) is 0 Å². The molecule has 0 saturated heterocycles. The van der Waals surface area contributed by atoms with Gasteiger partial charge in [-0.15, -0.1) is 0 Å². The van der Waals surface area contributed by atoms with Gasteiger partial charge in [0, 0.05) is 29.8 Å². The molecular formula is C27H18ClF4N3O2. The molecule has 1 aliphatic rings. The first-order chi connectivity index (χ1) is 17.6. The topological polar surface area (TPSA) is 54.3 Å². The minimum Gasteiger partial charge on any atom is -0.345 e. The van der Waals surface area contributed by atoms with Crippen LogP contribution in [0.25, 0.3) is 0 Å². The average Bonchev–Trinajstić information content (AvgIpc) is 3.22. The lowest BCUT2D eigenvalue weighted by molar-refractivity contribution is -0.140. The first-order valence-corrected chi connectivity index (χ1v) is 11.5. The Hall–Kier alpha value is -4.11. The lowest BCUT2D eigenvalue weighted by Crippen LogP contribution is -2.30. The molecule has 2 amide bonds. The van der Waals surface area contributed by atoms with Crippen LogP contribution in [0.5, 0.6) is 0 Å². The molecule has 0 spiro atoms. The maximum absolute atomic E-state index is 14.4. The fourth-order valence-electron chi connectivity index (χ4n) is 4.30. The maximum atomic E-state index is 14.4. The van der Waals surface area contributed by atoms with Gasteiger partial charge in [-0.05, 0) is 54.1 Å². The van der Waals surface area contributed by atoms with Crippen LogP contribution < -0.4 is 10.2 Å². The Kier molecular flexibility index (Phi) is 6.25. The molecule has 0 saturated carbocycles. The number of carbonyl (C=O) groups excluding carboxylic acids is 2. The molecular weight excluding hydrogens is 510 g/mol. The van der Waals surface area contributed by atoms with E-state index >= 15 is 0 Å². The lowest BCUT2D eigenvalue weighted by Gasteiger charge is -2.23. The number of fused-ring (bicyclic) bond motifs is 2. The van der Waals surface area contributed by atoms with Crippen LogP contribution in [0, 0.1) is 5.82 Å². The van der Waals surface area contributed by atoms with E-state index in [1.54, 1.807) is 4.90 Å². The molecule has 0 fully saturated rings. The van der Waals surface area contributed by atoms with Crippen molar-refractivity contribution in [1.82, 2.24) is 4.57 Å². The maximum Gasteiger partial charge on any atom is 0.419 e. The van der Waals surface area contributed by atoms with Crippen molar-refractivity contribution >= 4 is 34.8 Å². The predicted molar refractivity (Wildman–Crippen MR) is 131 cm³/mol. The van der Waals surface area contributed by atoms with Gasteiger partial charge in [0.15, 0.2) is 0 Å². The van der Waals surface area contributed by atoms with Crippen LogP contribution in [0.1, 0.15) is 37.5 Å². The summed E-state index contributed by atoms with van der Waals surface area (Å²) in [6.45, 7) is 0.916. The van der Waals surface area contributed by atoms with E-state index in [-0.39, 0.29) is 22.2 Å². The third-order valence-electron chi connectivity index (χ3n) is 6.12. The van der Waals surface area contributed by atoms with Crippen molar-refractivity contribution < 1.29 is 27.2 Å². The Bertz CT molecular complexity index is 1530. The highest BCUT2D eigenvalue weighted by molar-refractivity contribution is 6.35. The van der Waals surface area contributed by atoms with Crippen molar-refractivity contribution in [2.75, 3.05) is 10.2 Å². The van der Waals surface area contributed by atoms with Gasteiger partial charge >= 0.3 is 6.18 Å². The van der Waals surface area contributed by atoms with Crippen LogP contribution in [0.4, 0.5) is 28.9 Å². The van der Waals surface area contributed by atoms with E-state index in [9.17, 15) is 27.2 Å². The Morgan fingerprint density at radius 3 is 2.43 bits per heavy atom. The second-order valence-corrected chi connectivity index (χ2v) is 8.87. The zero-order chi connectivity index (χ0) is 26.3. The Morgan fingerprint density at radius 2 is 1.68 bits per heavy atom. The zero-order valence-corrected chi connectivity index (χ0v) is 19.8. The highest BCUT2D eigenvalue weighted by Crippen LogP contribution is 2.34. The van der Waals surface area contributed by atoms with Crippen molar-refractivity contribution in [3.05, 3.63) is 118 Å². The molecule has 5 nitrogen and oxygen atoms in total. The average molecular weight is 528 g/mol. The molecule has 4 aromatic rings. The summed E-state index contributed by atoms with van der Waals surface area (Å²) in [6, 6.07) is 17.9. The van der Waals surface area contributed by atoms with E-state index < -0.39 is 29.0 Å². The van der Waals surface area contributed by atoms with Gasteiger partial charge in [-0.2, -0.15) is 13.2 Å². The summed E-state index contributed by atoms with van der Waals surface area (Å²) in [4.78, 5) is 27.7. The molecule has 0 unspecified atom stereocenters. The summed E-state index contributed by atoms with van der Waals surface area (Å²) in [5, 5.41) is 2.36. The summed E-state index contributed by atoms with van der Waals surface area (Å²) in [5.74, 6) is -3.12. The van der Waals surface area contributed by atoms with Gasteiger partial charge in [-0.25, -0.2) is 4.39 Å². The van der Waals surface area contributed by atoms with Gasteiger partial charge < -0.3 is 14.8 Å². The third-order valence-corrected chi connectivity index (χ3v) is 6.43. The molecule has 0 bridgehead atoms. The minimum absolute atomic E-state index is 0.0180. The largest absolute Gasteiger partial charge is 0.419 e. The van der Waals surface area contributed by atoms with E-state index in [0.29, 0.717) is 19.2 Å². The minimum atomic E-state index is -4.95. The summed E-state index contributed by atoms with van der Waals surface area (Å²) in [7, 11) is 0. The number of nitrogens with zero attached hydrogens (tertiary/aromatic N) is 2. The predicted octanol–water partition coefficient (Wildman–Crippen LogP) is 6.76. The van der Waals surface area contributed by atoms with Crippen molar-refractivity contribution in [2.45, 2.75) is 19.3 Å². The van der Waals surface area contributed by atoms with E-state index in [1.807, 2.05) is 42.6 Å². The Balaban J connectivity index is 1.41. The molecule has 0 atom stereocenters. The van der Waals surface area contributed by atoms with Gasteiger partial charge in [0.25, 0.3) is 11.8 Å². The number of anilines is 2. The Labute approximate surface area is 213 Å². The summed E-state index contributed by atoms with van der Waals surface area (Å²) < 4.78 is 55.4. The molecule has 5 rings (SSSR count). The number of benzene rings is 3. The molecule has 2 heterocycles. The van der Waals surface area contributed by atoms with Gasteiger partial charge in [0.2, 0.25) is 0 Å². The number of para-hydroxylation sites is 1. The van der Waals surface area contributed by atoms with E-state index in [1.165, 1.54) is 18.2 Å². The summed E-state index contributed by atoms with van der Waals surface area (Å²) >= 11 is 6.41. The summed E-state index contributed by atoms with van der Waals surface area (Å²) in [5.41, 5.74) is 0.581. The highest BCUT2D eigenvalue weighted by atomic mass is 35.5. The SMILES string of the molecule is O=C(Nc1ccc(C(=O)N2Cc3cccn3Cc3ccccc32)c(Cl)c1)c1cccc(C(F)(F)F)c1F. The monoisotopic (exact) mass is 527 g/mol. The van der Waals surface area contributed by atoms with Crippen molar-refractivity contribution in [3.63, 3.8) is 0 Å². The number of halogens is 5. The number of hydrogen-bond acceptors (Lipinski definition) is 2. The molecule has 1 N–H and O–H groups in total. The quantitative estimate of drug-likeness (QED) is 0.299.